The Morgan fingerprint density at radius 3 is 2.91 bits per heavy atom. The monoisotopic (exact) mass is 173 g/mol. The summed E-state index contributed by atoms with van der Waals surface area (Å²) in [5, 5.41) is 10.4. The van der Waals surface area contributed by atoms with E-state index in [1.807, 2.05) is 7.05 Å². The molecule has 0 aliphatic carbocycles. The Kier molecular flexibility index (Phi) is 2.91. The number of aromatic amines is 1. The molecule has 3 nitrogen and oxygen atoms in total. The Bertz CT molecular complexity index is 232. The number of hydrogen-bond acceptors (Lipinski definition) is 2. The van der Waals surface area contributed by atoms with Gasteiger partial charge in [-0.3, -0.25) is 5.10 Å². The average Bonchev–Trinajstić information content (AvgIpc) is 2.34. The van der Waals surface area contributed by atoms with Crippen molar-refractivity contribution in [2.75, 3.05) is 7.05 Å². The van der Waals surface area contributed by atoms with E-state index in [1.54, 1.807) is 0 Å². The number of aromatic nitrogens is 2. The van der Waals surface area contributed by atoms with E-state index in [2.05, 4.69) is 22.4 Å². The standard InChI is InChI=1S/C7H12ClN3/c1-3-6-5(4-9-2)7(8)11-10-6/h9H,3-4H2,1-2H3,(H,10,11). The molecule has 0 saturated heterocycles. The van der Waals surface area contributed by atoms with Crippen LogP contribution in [0.3, 0.4) is 0 Å². The molecule has 11 heavy (non-hydrogen) atoms. The van der Waals surface area contributed by atoms with Gasteiger partial charge in [0.15, 0.2) is 5.15 Å². The number of nitrogens with zero attached hydrogens (tertiary/aromatic N) is 1. The highest BCUT2D eigenvalue weighted by Crippen LogP contribution is 2.16. The van der Waals surface area contributed by atoms with Crippen LogP contribution in [0.25, 0.3) is 0 Å². The zero-order chi connectivity index (χ0) is 8.27. The summed E-state index contributed by atoms with van der Waals surface area (Å²) < 4.78 is 0. The molecule has 2 N–H and O–H groups in total. The topological polar surface area (TPSA) is 40.7 Å². The Hall–Kier alpha value is -0.540. The minimum Gasteiger partial charge on any atom is -0.316 e. The van der Waals surface area contributed by atoms with Crippen molar-refractivity contribution in [1.29, 1.82) is 0 Å². The third-order valence-corrected chi connectivity index (χ3v) is 1.92. The highest BCUT2D eigenvalue weighted by molar-refractivity contribution is 6.30. The Balaban J connectivity index is 2.88. The average molecular weight is 174 g/mol. The van der Waals surface area contributed by atoms with Crippen LogP contribution < -0.4 is 5.32 Å². The molecule has 0 saturated carbocycles. The van der Waals surface area contributed by atoms with Gasteiger partial charge in [-0.2, -0.15) is 5.10 Å². The van der Waals surface area contributed by atoms with Gasteiger partial charge in [0.2, 0.25) is 0 Å². The van der Waals surface area contributed by atoms with Gasteiger partial charge in [-0.1, -0.05) is 18.5 Å². The van der Waals surface area contributed by atoms with Crippen molar-refractivity contribution in [3.8, 4) is 0 Å². The van der Waals surface area contributed by atoms with Gasteiger partial charge >= 0.3 is 0 Å². The molecule has 62 valence electrons. The zero-order valence-electron chi connectivity index (χ0n) is 6.74. The summed E-state index contributed by atoms with van der Waals surface area (Å²) in [6, 6.07) is 0. The first kappa shape index (κ1) is 8.56. The third kappa shape index (κ3) is 1.73. The molecule has 0 bridgehead atoms. The summed E-state index contributed by atoms with van der Waals surface area (Å²) in [7, 11) is 1.89. The maximum absolute atomic E-state index is 5.82. The van der Waals surface area contributed by atoms with Crippen LogP contribution in [-0.4, -0.2) is 17.2 Å². The molecule has 1 rings (SSSR count). The molecule has 0 atom stereocenters. The van der Waals surface area contributed by atoms with Crippen LogP contribution >= 0.6 is 11.6 Å². The summed E-state index contributed by atoms with van der Waals surface area (Å²) in [6.45, 7) is 2.85. The fourth-order valence-corrected chi connectivity index (χ4v) is 1.25. The van der Waals surface area contributed by atoms with Crippen LogP contribution in [0.4, 0.5) is 0 Å². The van der Waals surface area contributed by atoms with Gasteiger partial charge in [0.1, 0.15) is 0 Å². The molecule has 0 aliphatic heterocycles. The van der Waals surface area contributed by atoms with Crippen molar-refractivity contribution in [1.82, 2.24) is 15.5 Å². The molecule has 1 aromatic rings. The summed E-state index contributed by atoms with van der Waals surface area (Å²) in [5.74, 6) is 0. The zero-order valence-corrected chi connectivity index (χ0v) is 7.50. The largest absolute Gasteiger partial charge is 0.316 e. The molecule has 0 fully saturated rings. The lowest BCUT2D eigenvalue weighted by molar-refractivity contribution is 0.804. The first-order chi connectivity index (χ1) is 5.29. The van der Waals surface area contributed by atoms with E-state index in [9.17, 15) is 0 Å². The number of nitrogens with one attached hydrogen (secondary N) is 2. The van der Waals surface area contributed by atoms with Crippen molar-refractivity contribution in [2.24, 2.45) is 0 Å². The van der Waals surface area contributed by atoms with Crippen LogP contribution in [0.1, 0.15) is 18.2 Å². The van der Waals surface area contributed by atoms with E-state index in [0.717, 1.165) is 24.2 Å². The molecule has 0 unspecified atom stereocenters. The highest BCUT2D eigenvalue weighted by Gasteiger charge is 2.07. The lowest BCUT2D eigenvalue weighted by Gasteiger charge is -1.98. The molecule has 1 aromatic heterocycles. The van der Waals surface area contributed by atoms with Crippen LogP contribution in [0.5, 0.6) is 0 Å². The van der Waals surface area contributed by atoms with Crippen LogP contribution in [0, 0.1) is 0 Å². The van der Waals surface area contributed by atoms with Gasteiger partial charge in [0.05, 0.1) is 0 Å². The summed E-state index contributed by atoms with van der Waals surface area (Å²) >= 11 is 5.82. The van der Waals surface area contributed by atoms with Crippen molar-refractivity contribution >= 4 is 11.6 Å². The third-order valence-electron chi connectivity index (χ3n) is 1.61. The molecule has 0 spiro atoms. The van der Waals surface area contributed by atoms with Crippen molar-refractivity contribution in [3.05, 3.63) is 16.4 Å². The van der Waals surface area contributed by atoms with Crippen LogP contribution in [0.15, 0.2) is 0 Å². The predicted octanol–water partition coefficient (Wildman–Crippen LogP) is 1.34. The maximum Gasteiger partial charge on any atom is 0.155 e. The van der Waals surface area contributed by atoms with Gasteiger partial charge in [0, 0.05) is 17.8 Å². The van der Waals surface area contributed by atoms with E-state index in [1.165, 1.54) is 0 Å². The van der Waals surface area contributed by atoms with Gasteiger partial charge in [-0.05, 0) is 13.5 Å². The first-order valence-corrected chi connectivity index (χ1v) is 4.03. The predicted molar refractivity (Wildman–Crippen MR) is 45.7 cm³/mol. The second-order valence-electron chi connectivity index (χ2n) is 2.36. The van der Waals surface area contributed by atoms with E-state index in [-0.39, 0.29) is 0 Å². The molecular weight excluding hydrogens is 162 g/mol. The number of halogens is 1. The van der Waals surface area contributed by atoms with E-state index in [0.29, 0.717) is 5.15 Å². The lowest BCUT2D eigenvalue weighted by Crippen LogP contribution is -2.06. The number of rotatable bonds is 3. The fraction of sp³-hybridized carbons (Fsp3) is 0.571. The van der Waals surface area contributed by atoms with Gasteiger partial charge in [-0.15, -0.1) is 0 Å². The van der Waals surface area contributed by atoms with Gasteiger partial charge in [0.25, 0.3) is 0 Å². The molecule has 0 aromatic carbocycles. The van der Waals surface area contributed by atoms with Gasteiger partial charge < -0.3 is 5.32 Å². The Morgan fingerprint density at radius 2 is 2.36 bits per heavy atom. The normalized spacial score (nSPS) is 10.5. The van der Waals surface area contributed by atoms with E-state index >= 15 is 0 Å². The molecular formula is C7H12ClN3. The molecule has 0 amide bonds. The van der Waals surface area contributed by atoms with Crippen LogP contribution in [0.2, 0.25) is 5.15 Å². The van der Waals surface area contributed by atoms with Crippen molar-refractivity contribution in [3.63, 3.8) is 0 Å². The SMILES string of the molecule is CCc1[nH]nc(Cl)c1CNC. The van der Waals surface area contributed by atoms with E-state index in [4.69, 9.17) is 11.6 Å². The molecule has 0 aliphatic rings. The first-order valence-electron chi connectivity index (χ1n) is 3.65. The quantitative estimate of drug-likeness (QED) is 0.725. The van der Waals surface area contributed by atoms with E-state index < -0.39 is 0 Å². The minimum absolute atomic E-state index is 0.580. The lowest BCUT2D eigenvalue weighted by atomic mass is 10.2. The summed E-state index contributed by atoms with van der Waals surface area (Å²) in [6.07, 6.45) is 0.941. The minimum atomic E-state index is 0.580. The summed E-state index contributed by atoms with van der Waals surface area (Å²) in [5.41, 5.74) is 2.20. The smallest absolute Gasteiger partial charge is 0.155 e. The molecule has 4 heteroatoms. The fourth-order valence-electron chi connectivity index (χ4n) is 1.02. The van der Waals surface area contributed by atoms with Gasteiger partial charge in [-0.25, -0.2) is 0 Å². The Labute approximate surface area is 71.1 Å². The Morgan fingerprint density at radius 1 is 1.64 bits per heavy atom. The highest BCUT2D eigenvalue weighted by atomic mass is 35.5. The number of hydrogen-bond donors (Lipinski definition) is 2. The second-order valence-corrected chi connectivity index (χ2v) is 2.71. The number of H-pyrrole nitrogens is 1. The number of aryl methyl sites for hydroxylation is 1. The molecule has 0 radical (unpaired) electrons. The van der Waals surface area contributed by atoms with Crippen molar-refractivity contribution in [2.45, 2.75) is 19.9 Å². The van der Waals surface area contributed by atoms with Crippen LogP contribution in [-0.2, 0) is 13.0 Å². The van der Waals surface area contributed by atoms with Crippen molar-refractivity contribution < 1.29 is 0 Å². The molecule has 1 heterocycles. The maximum atomic E-state index is 5.82. The second kappa shape index (κ2) is 3.74. The summed E-state index contributed by atoms with van der Waals surface area (Å²) in [4.78, 5) is 0.